The van der Waals surface area contributed by atoms with E-state index in [9.17, 15) is 4.79 Å². The number of nitrogens with one attached hydrogen (secondary N) is 1. The zero-order valence-electron chi connectivity index (χ0n) is 12.3. The van der Waals surface area contributed by atoms with Gasteiger partial charge in [0.15, 0.2) is 0 Å². The van der Waals surface area contributed by atoms with Gasteiger partial charge in [0.25, 0.3) is 0 Å². The molecule has 1 atom stereocenters. The van der Waals surface area contributed by atoms with Gasteiger partial charge in [0.1, 0.15) is 0 Å². The van der Waals surface area contributed by atoms with Crippen LogP contribution >= 0.6 is 0 Å². The molecule has 3 heteroatoms. The summed E-state index contributed by atoms with van der Waals surface area (Å²) < 4.78 is 0. The molecule has 0 spiro atoms. The molecule has 0 radical (unpaired) electrons. The summed E-state index contributed by atoms with van der Waals surface area (Å²) in [6, 6.07) is 9.48. The minimum Gasteiger partial charge on any atom is -0.333 e. The maximum atomic E-state index is 12.6. The molecule has 1 saturated carbocycles. The number of hydrogen-bond acceptors (Lipinski definition) is 2. The van der Waals surface area contributed by atoms with Gasteiger partial charge < -0.3 is 10.2 Å². The van der Waals surface area contributed by atoms with Gasteiger partial charge in [-0.1, -0.05) is 24.3 Å². The van der Waals surface area contributed by atoms with E-state index in [4.69, 9.17) is 0 Å². The molecule has 3 rings (SSSR count). The molecule has 1 N–H and O–H groups in total. The van der Waals surface area contributed by atoms with Crippen molar-refractivity contribution in [2.45, 2.75) is 50.6 Å². The summed E-state index contributed by atoms with van der Waals surface area (Å²) in [7, 11) is 1.94. The fourth-order valence-corrected chi connectivity index (χ4v) is 3.35. The molecule has 0 saturated heterocycles. The Bertz CT molecular complexity index is 482. The van der Waals surface area contributed by atoms with Gasteiger partial charge in [-0.3, -0.25) is 4.79 Å². The number of benzene rings is 1. The highest BCUT2D eigenvalue weighted by Gasteiger charge is 2.39. The Morgan fingerprint density at radius 2 is 2.10 bits per heavy atom. The van der Waals surface area contributed by atoms with E-state index in [0.717, 1.165) is 25.8 Å². The fourth-order valence-electron chi connectivity index (χ4n) is 3.35. The lowest BCUT2D eigenvalue weighted by Crippen LogP contribution is -2.36. The number of carbonyl (C=O) groups excluding carboxylic acids is 1. The van der Waals surface area contributed by atoms with Gasteiger partial charge in [-0.2, -0.15) is 0 Å². The van der Waals surface area contributed by atoms with Gasteiger partial charge in [-0.25, -0.2) is 0 Å². The van der Waals surface area contributed by atoms with Crippen LogP contribution in [0.25, 0.3) is 0 Å². The topological polar surface area (TPSA) is 32.3 Å². The van der Waals surface area contributed by atoms with Gasteiger partial charge >= 0.3 is 0 Å². The number of fused-ring (bicyclic) bond motifs is 1. The Hall–Kier alpha value is -1.35. The predicted molar refractivity (Wildman–Crippen MR) is 80.5 cm³/mol. The fraction of sp³-hybridized carbons (Fsp3) is 0.588. The Morgan fingerprint density at radius 1 is 1.30 bits per heavy atom. The molecule has 1 fully saturated rings. The van der Waals surface area contributed by atoms with E-state index < -0.39 is 0 Å². The molecule has 2 aliphatic carbocycles. The SMILES string of the molecule is CNCCCC(=O)N(C1CC1)C1CCc2ccccc21. The molecule has 0 aromatic heterocycles. The lowest BCUT2D eigenvalue weighted by Gasteiger charge is -2.30. The first-order chi connectivity index (χ1) is 9.81. The third kappa shape index (κ3) is 2.73. The molecule has 108 valence electrons. The van der Waals surface area contributed by atoms with E-state index >= 15 is 0 Å². The number of hydrogen-bond donors (Lipinski definition) is 1. The number of amides is 1. The molecular weight excluding hydrogens is 248 g/mol. The number of aryl methyl sites for hydroxylation is 1. The van der Waals surface area contributed by atoms with Crippen molar-refractivity contribution in [2.24, 2.45) is 0 Å². The first kappa shape index (κ1) is 13.6. The first-order valence-corrected chi connectivity index (χ1v) is 7.85. The average Bonchev–Trinajstić information content (AvgIpc) is 3.20. The lowest BCUT2D eigenvalue weighted by atomic mass is 10.1. The van der Waals surface area contributed by atoms with Crippen LogP contribution in [0.15, 0.2) is 24.3 Å². The Balaban J connectivity index is 1.73. The van der Waals surface area contributed by atoms with E-state index in [2.05, 4.69) is 34.5 Å². The van der Waals surface area contributed by atoms with Crippen LogP contribution in [0.1, 0.15) is 49.3 Å². The van der Waals surface area contributed by atoms with Crippen molar-refractivity contribution in [3.8, 4) is 0 Å². The molecule has 1 unspecified atom stereocenters. The van der Waals surface area contributed by atoms with Crippen LogP contribution in [-0.2, 0) is 11.2 Å². The van der Waals surface area contributed by atoms with E-state index in [1.54, 1.807) is 0 Å². The second-order valence-electron chi connectivity index (χ2n) is 5.99. The largest absolute Gasteiger partial charge is 0.333 e. The third-order valence-electron chi connectivity index (χ3n) is 4.48. The molecule has 20 heavy (non-hydrogen) atoms. The second kappa shape index (κ2) is 5.96. The Morgan fingerprint density at radius 3 is 2.85 bits per heavy atom. The molecule has 0 aliphatic heterocycles. The summed E-state index contributed by atoms with van der Waals surface area (Å²) in [6.07, 6.45) is 6.22. The monoisotopic (exact) mass is 272 g/mol. The summed E-state index contributed by atoms with van der Waals surface area (Å²) >= 11 is 0. The number of carbonyl (C=O) groups is 1. The third-order valence-corrected chi connectivity index (χ3v) is 4.48. The Labute approximate surface area is 121 Å². The second-order valence-corrected chi connectivity index (χ2v) is 5.99. The van der Waals surface area contributed by atoms with Crippen LogP contribution in [-0.4, -0.2) is 30.4 Å². The van der Waals surface area contributed by atoms with Crippen LogP contribution in [0.3, 0.4) is 0 Å². The highest BCUT2D eigenvalue weighted by Crippen LogP contribution is 2.42. The summed E-state index contributed by atoms with van der Waals surface area (Å²) in [5.41, 5.74) is 2.83. The van der Waals surface area contributed by atoms with Gasteiger partial charge in [0.2, 0.25) is 5.91 Å². The van der Waals surface area contributed by atoms with Gasteiger partial charge in [0, 0.05) is 12.5 Å². The van der Waals surface area contributed by atoms with Crippen LogP contribution in [0.2, 0.25) is 0 Å². The van der Waals surface area contributed by atoms with Crippen molar-refractivity contribution in [1.29, 1.82) is 0 Å². The highest BCUT2D eigenvalue weighted by molar-refractivity contribution is 5.77. The van der Waals surface area contributed by atoms with E-state index in [1.165, 1.54) is 24.0 Å². The smallest absolute Gasteiger partial charge is 0.223 e. The molecule has 3 nitrogen and oxygen atoms in total. The molecular formula is C17H24N2O. The summed E-state index contributed by atoms with van der Waals surface area (Å²) in [5, 5.41) is 3.12. The normalized spacial score (nSPS) is 20.8. The molecule has 1 aromatic carbocycles. The van der Waals surface area contributed by atoms with Gasteiger partial charge in [-0.05, 0) is 56.8 Å². The minimum absolute atomic E-state index is 0.334. The van der Waals surface area contributed by atoms with Crippen molar-refractivity contribution in [1.82, 2.24) is 10.2 Å². The maximum Gasteiger partial charge on any atom is 0.223 e. The van der Waals surface area contributed by atoms with Crippen LogP contribution in [0.4, 0.5) is 0 Å². The maximum absolute atomic E-state index is 12.6. The van der Waals surface area contributed by atoms with Crippen LogP contribution < -0.4 is 5.32 Å². The molecule has 0 heterocycles. The molecule has 2 aliphatic rings. The average molecular weight is 272 g/mol. The highest BCUT2D eigenvalue weighted by atomic mass is 16.2. The Kier molecular flexibility index (Phi) is 4.06. The zero-order chi connectivity index (χ0) is 13.9. The van der Waals surface area contributed by atoms with Crippen LogP contribution in [0.5, 0.6) is 0 Å². The lowest BCUT2D eigenvalue weighted by molar-refractivity contribution is -0.134. The van der Waals surface area contributed by atoms with Crippen molar-refractivity contribution >= 4 is 5.91 Å². The van der Waals surface area contributed by atoms with E-state index in [1.807, 2.05) is 7.05 Å². The molecule has 0 bridgehead atoms. The zero-order valence-corrected chi connectivity index (χ0v) is 12.3. The number of nitrogens with zero attached hydrogens (tertiary/aromatic N) is 1. The van der Waals surface area contributed by atoms with Crippen molar-refractivity contribution in [3.63, 3.8) is 0 Å². The van der Waals surface area contributed by atoms with Crippen molar-refractivity contribution in [3.05, 3.63) is 35.4 Å². The minimum atomic E-state index is 0.334. The van der Waals surface area contributed by atoms with Gasteiger partial charge in [0.05, 0.1) is 6.04 Å². The van der Waals surface area contributed by atoms with Gasteiger partial charge in [-0.15, -0.1) is 0 Å². The standard InChI is InChI=1S/C17H24N2O/c1-18-12-4-7-17(20)19(14-9-10-14)16-11-8-13-5-2-3-6-15(13)16/h2-3,5-6,14,16,18H,4,7-12H2,1H3. The molecule has 1 aromatic rings. The number of rotatable bonds is 6. The first-order valence-electron chi connectivity index (χ1n) is 7.85. The van der Waals surface area contributed by atoms with Crippen molar-refractivity contribution in [2.75, 3.05) is 13.6 Å². The quantitative estimate of drug-likeness (QED) is 0.808. The summed E-state index contributed by atoms with van der Waals surface area (Å²) in [4.78, 5) is 14.8. The molecule has 1 amide bonds. The summed E-state index contributed by atoms with van der Waals surface area (Å²) in [6.45, 7) is 0.922. The predicted octanol–water partition coefficient (Wildman–Crippen LogP) is 2.66. The van der Waals surface area contributed by atoms with E-state index in [-0.39, 0.29) is 0 Å². The van der Waals surface area contributed by atoms with E-state index in [0.29, 0.717) is 24.4 Å². The van der Waals surface area contributed by atoms with Crippen molar-refractivity contribution < 1.29 is 4.79 Å². The van der Waals surface area contributed by atoms with Crippen LogP contribution in [0, 0.1) is 0 Å². The summed E-state index contributed by atoms with van der Waals surface area (Å²) in [5.74, 6) is 0.351.